The Labute approximate surface area is 156 Å². The second-order valence-electron chi connectivity index (χ2n) is 6.12. The van der Waals surface area contributed by atoms with E-state index in [0.717, 1.165) is 17.7 Å². The molecule has 0 spiro atoms. The third-order valence-electron chi connectivity index (χ3n) is 4.32. The van der Waals surface area contributed by atoms with Crippen LogP contribution in [0.2, 0.25) is 0 Å². The molecule has 5 nitrogen and oxygen atoms in total. The van der Waals surface area contributed by atoms with Crippen LogP contribution in [0.15, 0.2) is 51.7 Å². The molecule has 3 rings (SSSR count). The Morgan fingerprint density at radius 3 is 2.67 bits per heavy atom. The van der Waals surface area contributed by atoms with Crippen LogP contribution < -0.4 is 10.2 Å². The SMILES string of the molecule is CCCc1c(/C=C/c2ccccc2OC)oc2ccc(C(=O)O)cc2c1=O. The van der Waals surface area contributed by atoms with E-state index >= 15 is 0 Å². The summed E-state index contributed by atoms with van der Waals surface area (Å²) in [7, 11) is 1.60. The highest BCUT2D eigenvalue weighted by Gasteiger charge is 2.14. The zero-order valence-corrected chi connectivity index (χ0v) is 15.2. The number of hydrogen-bond donors (Lipinski definition) is 1. The molecule has 5 heteroatoms. The molecule has 0 aliphatic rings. The minimum Gasteiger partial charge on any atom is -0.496 e. The minimum atomic E-state index is -1.08. The Balaban J connectivity index is 2.15. The van der Waals surface area contributed by atoms with Gasteiger partial charge >= 0.3 is 5.97 Å². The maximum atomic E-state index is 12.9. The summed E-state index contributed by atoms with van der Waals surface area (Å²) in [6.45, 7) is 1.98. The Bertz CT molecular complexity index is 1080. The number of benzene rings is 2. The average Bonchev–Trinajstić information content (AvgIpc) is 2.68. The van der Waals surface area contributed by atoms with Crippen molar-refractivity contribution in [1.29, 1.82) is 0 Å². The normalized spacial score (nSPS) is 11.2. The van der Waals surface area contributed by atoms with E-state index in [9.17, 15) is 9.59 Å². The Morgan fingerprint density at radius 2 is 1.96 bits per heavy atom. The van der Waals surface area contributed by atoms with Crippen LogP contribution >= 0.6 is 0 Å². The number of fused-ring (bicyclic) bond motifs is 1. The molecule has 0 amide bonds. The topological polar surface area (TPSA) is 76.7 Å². The number of rotatable bonds is 6. The Kier molecular flexibility index (Phi) is 5.41. The summed E-state index contributed by atoms with van der Waals surface area (Å²) >= 11 is 0. The number of ether oxygens (including phenoxy) is 1. The standard InChI is InChI=1S/C22H20O5/c1-3-6-16-19(11-9-14-7-4-5-8-18(14)26-2)27-20-12-10-15(22(24)25)13-17(20)21(16)23/h4-5,7-13H,3,6H2,1-2H3,(H,24,25)/b11-9+. The summed E-state index contributed by atoms with van der Waals surface area (Å²) < 4.78 is 11.3. The average molecular weight is 364 g/mol. The quantitative estimate of drug-likeness (QED) is 0.690. The zero-order valence-electron chi connectivity index (χ0n) is 15.2. The van der Waals surface area contributed by atoms with Gasteiger partial charge in [-0.05, 0) is 42.8 Å². The van der Waals surface area contributed by atoms with Crippen molar-refractivity contribution < 1.29 is 19.1 Å². The summed E-state index contributed by atoms with van der Waals surface area (Å²) in [6, 6.07) is 11.9. The molecule has 2 aromatic carbocycles. The maximum absolute atomic E-state index is 12.9. The number of carboxylic acid groups (broad SMARTS) is 1. The van der Waals surface area contributed by atoms with Gasteiger partial charge in [-0.25, -0.2) is 4.79 Å². The highest BCUT2D eigenvalue weighted by atomic mass is 16.5. The van der Waals surface area contributed by atoms with Crippen molar-refractivity contribution in [1.82, 2.24) is 0 Å². The first kappa shape index (κ1) is 18.5. The van der Waals surface area contributed by atoms with E-state index in [-0.39, 0.29) is 16.4 Å². The van der Waals surface area contributed by atoms with Gasteiger partial charge in [0, 0.05) is 11.1 Å². The molecule has 0 atom stereocenters. The number of carbonyl (C=O) groups is 1. The van der Waals surface area contributed by atoms with Gasteiger partial charge in [-0.2, -0.15) is 0 Å². The van der Waals surface area contributed by atoms with Crippen molar-refractivity contribution in [2.24, 2.45) is 0 Å². The molecule has 1 heterocycles. The first-order valence-corrected chi connectivity index (χ1v) is 8.69. The summed E-state index contributed by atoms with van der Waals surface area (Å²) in [5.74, 6) is 0.122. The lowest BCUT2D eigenvalue weighted by molar-refractivity contribution is 0.0697. The molecule has 1 aromatic heterocycles. The predicted molar refractivity (Wildman–Crippen MR) is 105 cm³/mol. The van der Waals surface area contributed by atoms with Gasteiger partial charge < -0.3 is 14.3 Å². The Morgan fingerprint density at radius 1 is 1.19 bits per heavy atom. The van der Waals surface area contributed by atoms with Crippen molar-refractivity contribution in [3.63, 3.8) is 0 Å². The lowest BCUT2D eigenvalue weighted by atomic mass is 10.0. The van der Waals surface area contributed by atoms with E-state index in [1.165, 1.54) is 18.2 Å². The third kappa shape index (κ3) is 3.77. The first-order valence-electron chi connectivity index (χ1n) is 8.69. The van der Waals surface area contributed by atoms with Crippen LogP contribution in [0.4, 0.5) is 0 Å². The fourth-order valence-electron chi connectivity index (χ4n) is 2.97. The molecule has 0 fully saturated rings. The van der Waals surface area contributed by atoms with Crippen molar-refractivity contribution >= 4 is 29.1 Å². The van der Waals surface area contributed by atoms with Gasteiger partial charge in [-0.3, -0.25) is 4.79 Å². The molecule has 3 aromatic rings. The van der Waals surface area contributed by atoms with Gasteiger partial charge in [0.25, 0.3) is 0 Å². The monoisotopic (exact) mass is 364 g/mol. The molecular formula is C22H20O5. The molecular weight excluding hydrogens is 344 g/mol. The second kappa shape index (κ2) is 7.91. The van der Waals surface area contributed by atoms with Crippen molar-refractivity contribution in [2.75, 3.05) is 7.11 Å². The van der Waals surface area contributed by atoms with E-state index in [1.807, 2.05) is 37.3 Å². The minimum absolute atomic E-state index is 0.0644. The van der Waals surface area contributed by atoms with Crippen LogP contribution in [0.25, 0.3) is 23.1 Å². The summed E-state index contributed by atoms with van der Waals surface area (Å²) in [6.07, 6.45) is 4.91. The molecule has 1 N–H and O–H groups in total. The van der Waals surface area contributed by atoms with Gasteiger partial charge in [0.1, 0.15) is 17.1 Å². The summed E-state index contributed by atoms with van der Waals surface area (Å²) in [5.41, 5.74) is 1.64. The van der Waals surface area contributed by atoms with Crippen LogP contribution in [0.5, 0.6) is 5.75 Å². The molecule has 0 saturated carbocycles. The first-order chi connectivity index (χ1) is 13.0. The lowest BCUT2D eigenvalue weighted by Crippen LogP contribution is -2.12. The lowest BCUT2D eigenvalue weighted by Gasteiger charge is -2.08. The molecule has 0 aliphatic carbocycles. The van der Waals surface area contributed by atoms with Gasteiger partial charge in [0.15, 0.2) is 5.43 Å². The van der Waals surface area contributed by atoms with Gasteiger partial charge in [0.2, 0.25) is 0 Å². The molecule has 0 bridgehead atoms. The zero-order chi connectivity index (χ0) is 19.4. The van der Waals surface area contributed by atoms with Crippen LogP contribution in [0, 0.1) is 0 Å². The largest absolute Gasteiger partial charge is 0.496 e. The van der Waals surface area contributed by atoms with E-state index in [1.54, 1.807) is 13.2 Å². The number of aromatic carboxylic acids is 1. The second-order valence-corrected chi connectivity index (χ2v) is 6.12. The number of carboxylic acids is 1. The summed E-state index contributed by atoms with van der Waals surface area (Å²) in [4.78, 5) is 24.1. The predicted octanol–water partition coefficient (Wildman–Crippen LogP) is 4.62. The van der Waals surface area contributed by atoms with E-state index < -0.39 is 5.97 Å². The smallest absolute Gasteiger partial charge is 0.335 e. The molecule has 0 aliphatic heterocycles. The van der Waals surface area contributed by atoms with E-state index in [4.69, 9.17) is 14.3 Å². The highest BCUT2D eigenvalue weighted by molar-refractivity contribution is 5.93. The molecule has 27 heavy (non-hydrogen) atoms. The van der Waals surface area contributed by atoms with Crippen LogP contribution in [0.1, 0.15) is 40.6 Å². The molecule has 0 radical (unpaired) electrons. The van der Waals surface area contributed by atoms with Crippen molar-refractivity contribution in [3.05, 3.63) is 75.1 Å². The van der Waals surface area contributed by atoms with Crippen LogP contribution in [0.3, 0.4) is 0 Å². The van der Waals surface area contributed by atoms with Crippen LogP contribution in [-0.4, -0.2) is 18.2 Å². The number of methoxy groups -OCH3 is 1. The Hall–Kier alpha value is -3.34. The van der Waals surface area contributed by atoms with E-state index in [0.29, 0.717) is 23.3 Å². The third-order valence-corrected chi connectivity index (χ3v) is 4.32. The fraction of sp³-hybridized carbons (Fsp3) is 0.182. The van der Waals surface area contributed by atoms with E-state index in [2.05, 4.69) is 0 Å². The van der Waals surface area contributed by atoms with Gasteiger partial charge in [0.05, 0.1) is 18.1 Å². The summed E-state index contributed by atoms with van der Waals surface area (Å²) in [5, 5.41) is 9.45. The van der Waals surface area contributed by atoms with Crippen molar-refractivity contribution in [3.8, 4) is 5.75 Å². The van der Waals surface area contributed by atoms with Crippen molar-refractivity contribution in [2.45, 2.75) is 19.8 Å². The molecule has 0 saturated heterocycles. The van der Waals surface area contributed by atoms with Crippen LogP contribution in [-0.2, 0) is 6.42 Å². The molecule has 0 unspecified atom stereocenters. The van der Waals surface area contributed by atoms with Gasteiger partial charge in [-0.15, -0.1) is 0 Å². The maximum Gasteiger partial charge on any atom is 0.335 e. The number of para-hydroxylation sites is 1. The van der Waals surface area contributed by atoms with Gasteiger partial charge in [-0.1, -0.05) is 31.5 Å². The number of hydrogen-bond acceptors (Lipinski definition) is 4. The fourth-order valence-corrected chi connectivity index (χ4v) is 2.97. The highest BCUT2D eigenvalue weighted by Crippen LogP contribution is 2.23. The molecule has 138 valence electrons.